The molecule has 0 radical (unpaired) electrons. The van der Waals surface area contributed by atoms with Gasteiger partial charge in [0.05, 0.1) is 30.8 Å². The fourth-order valence-corrected chi connectivity index (χ4v) is 5.55. The van der Waals surface area contributed by atoms with Crippen LogP contribution in [0.3, 0.4) is 0 Å². The van der Waals surface area contributed by atoms with E-state index < -0.39 is 48.7 Å². The third kappa shape index (κ3) is 12.1. The van der Waals surface area contributed by atoms with Gasteiger partial charge < -0.3 is 35.6 Å². The van der Waals surface area contributed by atoms with Crippen LogP contribution in [-0.2, 0) is 14.3 Å². The first-order chi connectivity index (χ1) is 19.1. The van der Waals surface area contributed by atoms with Crippen LogP contribution in [0.25, 0.3) is 0 Å². The number of carbonyl (C=O) groups is 2. The molecule has 0 bridgehead atoms. The van der Waals surface area contributed by atoms with Gasteiger partial charge in [-0.1, -0.05) is 90.2 Å². The van der Waals surface area contributed by atoms with Crippen molar-refractivity contribution in [1.82, 2.24) is 0 Å². The number of rotatable bonds is 16. The number of aliphatic hydroxyl groups excluding tert-OH is 4. The normalized spacial score (nSPS) is 26.9. The Morgan fingerprint density at radius 1 is 1.07 bits per heavy atom. The van der Waals surface area contributed by atoms with Crippen molar-refractivity contribution in [2.24, 2.45) is 41.2 Å². The van der Waals surface area contributed by atoms with Gasteiger partial charge in [0, 0.05) is 36.0 Å². The molecule has 0 aliphatic carbocycles. The van der Waals surface area contributed by atoms with E-state index in [-0.39, 0.29) is 48.3 Å². The third-order valence-corrected chi connectivity index (χ3v) is 8.19. The maximum absolute atomic E-state index is 11.6. The standard InChI is InChI=1S/C32H53NO8/c1-9-10-11-20(4)31(41-32(33)39)24(8)30(38)22(6)15-18(2)14-21(5)29(37)19(3)12-13-25(34)16-27-23(7)26(35)17-28(36)40-27/h9-14,19-27,29-31,34-35,37-38H,1,15-17H2,2-8H3,(H2,33,39)/t19-,20-,21-,22-,23+,24-,25+,26+,27-,29-,30+,31-/m0/s1. The highest BCUT2D eigenvalue weighted by Crippen LogP contribution is 2.29. The fraction of sp³-hybridized carbons (Fsp3) is 0.688. The number of hydrogen-bond donors (Lipinski definition) is 5. The number of primary amides is 1. The SMILES string of the molecule is C=CC=C[C@H](C)[C@H](OC(N)=O)[C@@H](C)[C@H](O)[C@@H](C)CC(C)=C[C@H](C)[C@@H](O)[C@@H](C)C=C[C@@H](O)C[C@@H]1OC(=O)C[C@@H](O)[C@H]1C. The van der Waals surface area contributed by atoms with Gasteiger partial charge in [-0.2, -0.15) is 0 Å². The number of esters is 1. The molecule has 0 aromatic rings. The second kappa shape index (κ2) is 17.5. The third-order valence-electron chi connectivity index (χ3n) is 8.19. The van der Waals surface area contributed by atoms with E-state index in [1.165, 1.54) is 0 Å². The minimum Gasteiger partial charge on any atom is -0.462 e. The molecule has 1 aliphatic heterocycles. The summed E-state index contributed by atoms with van der Waals surface area (Å²) in [6.45, 7) is 16.8. The van der Waals surface area contributed by atoms with Crippen molar-refractivity contribution >= 4 is 12.1 Å². The Hall–Kier alpha value is -2.46. The molecular formula is C32H53NO8. The van der Waals surface area contributed by atoms with E-state index in [1.54, 1.807) is 31.2 Å². The number of amides is 1. The smallest absolute Gasteiger partial charge is 0.404 e. The van der Waals surface area contributed by atoms with E-state index in [2.05, 4.69) is 6.58 Å². The molecule has 0 spiro atoms. The predicted octanol–water partition coefficient (Wildman–Crippen LogP) is 4.05. The van der Waals surface area contributed by atoms with Crippen molar-refractivity contribution in [3.63, 3.8) is 0 Å². The lowest BCUT2D eigenvalue weighted by atomic mass is 9.81. The van der Waals surface area contributed by atoms with Crippen LogP contribution < -0.4 is 5.73 Å². The fourth-order valence-electron chi connectivity index (χ4n) is 5.55. The summed E-state index contributed by atoms with van der Waals surface area (Å²) >= 11 is 0. The largest absolute Gasteiger partial charge is 0.462 e. The Kier molecular flexibility index (Phi) is 15.6. The Labute approximate surface area is 245 Å². The highest BCUT2D eigenvalue weighted by atomic mass is 16.6. The zero-order valence-corrected chi connectivity index (χ0v) is 25.7. The molecule has 1 fully saturated rings. The highest BCUT2D eigenvalue weighted by molar-refractivity contribution is 5.71. The number of hydrogen-bond acceptors (Lipinski definition) is 8. The Bertz CT molecular complexity index is 931. The minimum atomic E-state index is -0.888. The maximum Gasteiger partial charge on any atom is 0.404 e. The highest BCUT2D eigenvalue weighted by Gasteiger charge is 2.36. The second-order valence-electron chi connectivity index (χ2n) is 12.0. The minimum absolute atomic E-state index is 0.0362. The molecule has 0 aromatic carbocycles. The molecule has 0 saturated carbocycles. The van der Waals surface area contributed by atoms with Crippen LogP contribution in [0.2, 0.25) is 0 Å². The van der Waals surface area contributed by atoms with Gasteiger partial charge in [-0.05, 0) is 19.3 Å². The zero-order valence-electron chi connectivity index (χ0n) is 25.7. The maximum atomic E-state index is 11.6. The summed E-state index contributed by atoms with van der Waals surface area (Å²) in [5, 5.41) is 42.4. The lowest BCUT2D eigenvalue weighted by molar-refractivity contribution is -0.169. The zero-order chi connectivity index (χ0) is 31.4. The molecule has 1 rings (SSSR count). The quantitative estimate of drug-likeness (QED) is 0.104. The summed E-state index contributed by atoms with van der Waals surface area (Å²) in [7, 11) is 0. The molecule has 9 heteroatoms. The summed E-state index contributed by atoms with van der Waals surface area (Å²) in [6, 6.07) is 0. The first-order valence-electron chi connectivity index (χ1n) is 14.6. The molecule has 1 saturated heterocycles. The number of carbonyl (C=O) groups excluding carboxylic acids is 2. The van der Waals surface area contributed by atoms with E-state index >= 15 is 0 Å². The Balaban J connectivity index is 2.75. The van der Waals surface area contributed by atoms with E-state index in [1.807, 2.05) is 53.7 Å². The van der Waals surface area contributed by atoms with Crippen molar-refractivity contribution in [2.45, 2.75) is 104 Å². The molecule has 0 aromatic heterocycles. The molecule has 1 heterocycles. The molecule has 1 aliphatic rings. The van der Waals surface area contributed by atoms with E-state index in [9.17, 15) is 30.0 Å². The van der Waals surface area contributed by atoms with E-state index in [0.717, 1.165) is 5.57 Å². The van der Waals surface area contributed by atoms with Crippen molar-refractivity contribution in [2.75, 3.05) is 0 Å². The average Bonchev–Trinajstić information content (AvgIpc) is 2.89. The number of aliphatic hydroxyl groups is 4. The molecular weight excluding hydrogens is 526 g/mol. The number of allylic oxidation sites excluding steroid dienone is 3. The van der Waals surface area contributed by atoms with Crippen LogP contribution in [0.1, 0.15) is 67.7 Å². The van der Waals surface area contributed by atoms with Gasteiger partial charge in [-0.15, -0.1) is 0 Å². The molecule has 41 heavy (non-hydrogen) atoms. The summed E-state index contributed by atoms with van der Waals surface area (Å²) in [6.07, 6.45) is 6.07. The van der Waals surface area contributed by atoms with Crippen LogP contribution in [-0.4, -0.2) is 69.1 Å². The van der Waals surface area contributed by atoms with Crippen LogP contribution >= 0.6 is 0 Å². The van der Waals surface area contributed by atoms with Gasteiger partial charge in [-0.3, -0.25) is 4.79 Å². The predicted molar refractivity (Wildman–Crippen MR) is 159 cm³/mol. The lowest BCUT2D eigenvalue weighted by Gasteiger charge is -2.33. The summed E-state index contributed by atoms with van der Waals surface area (Å²) < 4.78 is 10.6. The summed E-state index contributed by atoms with van der Waals surface area (Å²) in [4.78, 5) is 23.1. The van der Waals surface area contributed by atoms with Gasteiger partial charge in [0.2, 0.25) is 0 Å². The molecule has 9 nitrogen and oxygen atoms in total. The van der Waals surface area contributed by atoms with Gasteiger partial charge in [-0.25, -0.2) is 4.79 Å². The molecule has 234 valence electrons. The molecule has 12 atom stereocenters. The van der Waals surface area contributed by atoms with Crippen LogP contribution in [0.5, 0.6) is 0 Å². The Morgan fingerprint density at radius 2 is 1.71 bits per heavy atom. The first-order valence-corrected chi connectivity index (χ1v) is 14.6. The van der Waals surface area contributed by atoms with Gasteiger partial charge in [0.1, 0.15) is 12.2 Å². The lowest BCUT2D eigenvalue weighted by Crippen LogP contribution is -2.42. The number of cyclic esters (lactones) is 1. The van der Waals surface area contributed by atoms with Crippen molar-refractivity contribution in [3.8, 4) is 0 Å². The number of nitrogens with two attached hydrogens (primary N) is 1. The average molecular weight is 580 g/mol. The topological polar surface area (TPSA) is 160 Å². The van der Waals surface area contributed by atoms with Crippen LogP contribution in [0.15, 0.2) is 48.6 Å². The monoisotopic (exact) mass is 579 g/mol. The Morgan fingerprint density at radius 3 is 2.29 bits per heavy atom. The van der Waals surface area contributed by atoms with Crippen molar-refractivity contribution in [1.29, 1.82) is 0 Å². The molecule has 1 amide bonds. The molecule has 6 N–H and O–H groups in total. The summed E-state index contributed by atoms with van der Waals surface area (Å²) in [5.74, 6) is -1.90. The molecule has 0 unspecified atom stereocenters. The van der Waals surface area contributed by atoms with Crippen LogP contribution in [0, 0.1) is 35.5 Å². The van der Waals surface area contributed by atoms with E-state index in [0.29, 0.717) is 6.42 Å². The number of ether oxygens (including phenoxy) is 2. The van der Waals surface area contributed by atoms with Gasteiger partial charge >= 0.3 is 12.1 Å². The second-order valence-corrected chi connectivity index (χ2v) is 12.0. The van der Waals surface area contributed by atoms with Gasteiger partial charge in [0.25, 0.3) is 0 Å². The van der Waals surface area contributed by atoms with Crippen LogP contribution in [0.4, 0.5) is 4.79 Å². The van der Waals surface area contributed by atoms with E-state index in [4.69, 9.17) is 15.2 Å². The summed E-state index contributed by atoms with van der Waals surface area (Å²) in [5.41, 5.74) is 6.30. The van der Waals surface area contributed by atoms with Crippen molar-refractivity contribution < 1.29 is 39.5 Å². The van der Waals surface area contributed by atoms with Gasteiger partial charge in [0.15, 0.2) is 0 Å². The van der Waals surface area contributed by atoms with Crippen molar-refractivity contribution in [3.05, 3.63) is 48.6 Å². The first kappa shape index (κ1) is 36.6.